The minimum absolute atomic E-state index is 0.0322. The Balaban J connectivity index is 2.28. The molecule has 2 rings (SSSR count). The lowest BCUT2D eigenvalue weighted by Crippen LogP contribution is -2.26. The maximum absolute atomic E-state index is 11.7. The van der Waals surface area contributed by atoms with E-state index in [1.165, 1.54) is 0 Å². The van der Waals surface area contributed by atoms with E-state index in [4.69, 9.17) is 5.73 Å². The van der Waals surface area contributed by atoms with Crippen molar-refractivity contribution in [3.63, 3.8) is 0 Å². The summed E-state index contributed by atoms with van der Waals surface area (Å²) in [5.41, 5.74) is 9.03. The van der Waals surface area contributed by atoms with Crippen molar-refractivity contribution in [2.75, 3.05) is 14.1 Å². The van der Waals surface area contributed by atoms with Crippen LogP contribution in [0.5, 0.6) is 0 Å². The molecular weight excluding hydrogens is 240 g/mol. The zero-order chi connectivity index (χ0) is 14.2. The van der Waals surface area contributed by atoms with Gasteiger partial charge >= 0.3 is 0 Å². The minimum Gasteiger partial charge on any atom is -0.349 e. The van der Waals surface area contributed by atoms with Crippen LogP contribution in [0.25, 0.3) is 11.0 Å². The maximum atomic E-state index is 11.7. The summed E-state index contributed by atoms with van der Waals surface area (Å²) in [4.78, 5) is 17.7. The first kappa shape index (κ1) is 13.5. The molecule has 0 aliphatic heterocycles. The topological polar surface area (TPSA) is 64.2 Å². The summed E-state index contributed by atoms with van der Waals surface area (Å²) in [5, 5.41) is 0. The molecule has 1 amide bonds. The normalized spacial score (nSPS) is 12.7. The third kappa shape index (κ3) is 2.61. The molecule has 1 unspecified atom stereocenters. The van der Waals surface area contributed by atoms with Gasteiger partial charge in [0.15, 0.2) is 0 Å². The third-order valence-corrected chi connectivity index (χ3v) is 3.45. The molecule has 1 aromatic heterocycles. The number of hydrogen-bond acceptors (Lipinski definition) is 3. The van der Waals surface area contributed by atoms with Crippen molar-refractivity contribution in [3.05, 3.63) is 29.6 Å². The fourth-order valence-electron chi connectivity index (χ4n) is 2.06. The lowest BCUT2D eigenvalue weighted by molar-refractivity contribution is -0.129. The predicted octanol–water partition coefficient (Wildman–Crippen LogP) is 1.36. The largest absolute Gasteiger partial charge is 0.349 e. The average molecular weight is 260 g/mol. The van der Waals surface area contributed by atoms with Crippen molar-refractivity contribution >= 4 is 16.9 Å². The molecule has 2 aromatic rings. The van der Waals surface area contributed by atoms with Gasteiger partial charge in [-0.2, -0.15) is 0 Å². The smallest absolute Gasteiger partial charge is 0.223 e. The highest BCUT2D eigenvalue weighted by Crippen LogP contribution is 2.21. The highest BCUT2D eigenvalue weighted by Gasteiger charge is 2.14. The Morgan fingerprint density at radius 3 is 2.79 bits per heavy atom. The molecule has 102 valence electrons. The van der Waals surface area contributed by atoms with Crippen molar-refractivity contribution in [3.8, 4) is 0 Å². The zero-order valence-electron chi connectivity index (χ0n) is 11.8. The number of rotatable bonds is 3. The highest BCUT2D eigenvalue weighted by molar-refractivity contribution is 5.78. The van der Waals surface area contributed by atoms with Gasteiger partial charge in [0.1, 0.15) is 5.82 Å². The Labute approximate surface area is 113 Å². The van der Waals surface area contributed by atoms with Gasteiger partial charge in [-0.3, -0.25) is 4.79 Å². The molecule has 0 saturated heterocycles. The first-order valence-electron chi connectivity index (χ1n) is 6.29. The predicted molar refractivity (Wildman–Crippen MR) is 75.7 cm³/mol. The molecule has 2 N–H and O–H groups in total. The Morgan fingerprint density at radius 2 is 2.16 bits per heavy atom. The average Bonchev–Trinajstić information content (AvgIpc) is 2.64. The van der Waals surface area contributed by atoms with Crippen LogP contribution in [0.1, 0.15) is 23.9 Å². The molecule has 1 heterocycles. The standard InChI is InChI=1S/C14H20N4O/c1-9-16-12-7-10(5-6-13(12)18(9)4)11(15)8-14(19)17(2)3/h5-7,11H,8,15H2,1-4H3. The highest BCUT2D eigenvalue weighted by atomic mass is 16.2. The molecule has 5 nitrogen and oxygen atoms in total. The van der Waals surface area contributed by atoms with Crippen LogP contribution in [-0.4, -0.2) is 34.5 Å². The molecule has 0 bridgehead atoms. The summed E-state index contributed by atoms with van der Waals surface area (Å²) in [7, 11) is 5.46. The fourth-order valence-corrected chi connectivity index (χ4v) is 2.06. The number of carbonyl (C=O) groups excluding carboxylic acids is 1. The Bertz CT molecular complexity index is 615. The third-order valence-electron chi connectivity index (χ3n) is 3.45. The summed E-state index contributed by atoms with van der Waals surface area (Å²) >= 11 is 0. The molecule has 0 saturated carbocycles. The summed E-state index contributed by atoms with van der Waals surface area (Å²) in [6.45, 7) is 1.97. The summed E-state index contributed by atoms with van der Waals surface area (Å²) < 4.78 is 2.04. The lowest BCUT2D eigenvalue weighted by Gasteiger charge is -2.15. The molecule has 0 fully saturated rings. The van der Waals surface area contributed by atoms with Gasteiger partial charge in [-0.25, -0.2) is 4.98 Å². The summed E-state index contributed by atoms with van der Waals surface area (Å²) in [6, 6.07) is 5.65. The SMILES string of the molecule is Cc1nc2cc(C(N)CC(=O)N(C)C)ccc2n1C. The van der Waals surface area contributed by atoms with Gasteiger partial charge in [-0.1, -0.05) is 6.07 Å². The number of aromatic nitrogens is 2. The van der Waals surface area contributed by atoms with Crippen molar-refractivity contribution in [2.45, 2.75) is 19.4 Å². The minimum atomic E-state index is -0.290. The Hall–Kier alpha value is -1.88. The van der Waals surface area contributed by atoms with Crippen LogP contribution in [0.4, 0.5) is 0 Å². The van der Waals surface area contributed by atoms with E-state index in [1.54, 1.807) is 19.0 Å². The van der Waals surface area contributed by atoms with Gasteiger partial charge in [0.2, 0.25) is 5.91 Å². The zero-order valence-corrected chi connectivity index (χ0v) is 11.8. The molecule has 0 aliphatic rings. The quantitative estimate of drug-likeness (QED) is 0.906. The molecule has 5 heteroatoms. The number of imidazole rings is 1. The van der Waals surface area contributed by atoms with Crippen LogP contribution in [0.2, 0.25) is 0 Å². The Kier molecular flexibility index (Phi) is 3.57. The van der Waals surface area contributed by atoms with E-state index in [9.17, 15) is 4.79 Å². The second-order valence-corrected chi connectivity index (χ2v) is 5.06. The van der Waals surface area contributed by atoms with E-state index in [2.05, 4.69) is 4.98 Å². The van der Waals surface area contributed by atoms with Crippen LogP contribution in [0, 0.1) is 6.92 Å². The van der Waals surface area contributed by atoms with Gasteiger partial charge in [0.05, 0.1) is 11.0 Å². The van der Waals surface area contributed by atoms with Crippen molar-refractivity contribution in [1.29, 1.82) is 0 Å². The van der Waals surface area contributed by atoms with Crippen LogP contribution in [-0.2, 0) is 11.8 Å². The second kappa shape index (κ2) is 5.01. The first-order chi connectivity index (χ1) is 8.90. The van der Waals surface area contributed by atoms with Crippen LogP contribution < -0.4 is 5.73 Å². The van der Waals surface area contributed by atoms with Gasteiger partial charge in [-0.15, -0.1) is 0 Å². The van der Waals surface area contributed by atoms with Crippen LogP contribution >= 0.6 is 0 Å². The fraction of sp³-hybridized carbons (Fsp3) is 0.429. The van der Waals surface area contributed by atoms with E-state index in [0.717, 1.165) is 22.4 Å². The number of nitrogens with zero attached hydrogens (tertiary/aromatic N) is 3. The van der Waals surface area contributed by atoms with Gasteiger partial charge in [-0.05, 0) is 24.6 Å². The number of fused-ring (bicyclic) bond motifs is 1. The number of aryl methyl sites for hydroxylation is 2. The van der Waals surface area contributed by atoms with Crippen LogP contribution in [0.3, 0.4) is 0 Å². The van der Waals surface area contributed by atoms with E-state index < -0.39 is 0 Å². The molecule has 0 radical (unpaired) electrons. The number of nitrogens with two attached hydrogens (primary N) is 1. The van der Waals surface area contributed by atoms with Gasteiger partial charge in [0.25, 0.3) is 0 Å². The van der Waals surface area contributed by atoms with Crippen LogP contribution in [0.15, 0.2) is 18.2 Å². The van der Waals surface area contributed by atoms with Gasteiger partial charge < -0.3 is 15.2 Å². The van der Waals surface area contributed by atoms with E-state index >= 15 is 0 Å². The molecule has 1 atom stereocenters. The van der Waals surface area contributed by atoms with E-state index in [1.807, 2.05) is 36.7 Å². The summed E-state index contributed by atoms with van der Waals surface area (Å²) in [6.07, 6.45) is 0.310. The van der Waals surface area contributed by atoms with Gasteiger partial charge in [0, 0.05) is 33.6 Å². The van der Waals surface area contributed by atoms with Crippen molar-refractivity contribution in [1.82, 2.24) is 14.5 Å². The molecular formula is C14H20N4O. The number of benzene rings is 1. The molecule has 0 spiro atoms. The number of amides is 1. The molecule has 1 aromatic carbocycles. The number of carbonyl (C=O) groups is 1. The lowest BCUT2D eigenvalue weighted by atomic mass is 10.0. The second-order valence-electron chi connectivity index (χ2n) is 5.06. The maximum Gasteiger partial charge on any atom is 0.223 e. The number of hydrogen-bond donors (Lipinski definition) is 1. The van der Waals surface area contributed by atoms with Crippen molar-refractivity contribution in [2.24, 2.45) is 12.8 Å². The molecule has 19 heavy (non-hydrogen) atoms. The summed E-state index contributed by atoms with van der Waals surface area (Å²) in [5.74, 6) is 0.995. The monoisotopic (exact) mass is 260 g/mol. The van der Waals surface area contributed by atoms with Crippen molar-refractivity contribution < 1.29 is 4.79 Å². The molecule has 0 aliphatic carbocycles. The van der Waals surface area contributed by atoms with E-state index in [-0.39, 0.29) is 11.9 Å². The Morgan fingerprint density at radius 1 is 1.47 bits per heavy atom. The van der Waals surface area contributed by atoms with E-state index in [0.29, 0.717) is 6.42 Å². The first-order valence-corrected chi connectivity index (χ1v) is 6.29.